The highest BCUT2D eigenvalue weighted by molar-refractivity contribution is 7.99. The van der Waals surface area contributed by atoms with Crippen molar-refractivity contribution in [3.8, 4) is 5.75 Å². The van der Waals surface area contributed by atoms with Crippen LogP contribution in [0.15, 0.2) is 87.7 Å². The first-order valence-electron chi connectivity index (χ1n) is 14.6. The van der Waals surface area contributed by atoms with Crippen molar-refractivity contribution in [3.63, 3.8) is 0 Å². The van der Waals surface area contributed by atoms with Crippen LogP contribution in [0.2, 0.25) is 0 Å². The number of fused-ring (bicyclic) bond motifs is 1. The molecule has 0 bridgehead atoms. The van der Waals surface area contributed by atoms with Crippen LogP contribution in [0.1, 0.15) is 27.1 Å². The molecule has 0 radical (unpaired) electrons. The number of carboxylic acid groups (broad SMARTS) is 1. The zero-order valence-corrected chi connectivity index (χ0v) is 29.8. The number of benzene rings is 4. The lowest BCUT2D eigenvalue weighted by atomic mass is 10.1. The van der Waals surface area contributed by atoms with E-state index in [0.29, 0.717) is 6.07 Å². The molecule has 0 saturated carbocycles. The van der Waals surface area contributed by atoms with Gasteiger partial charge in [-0.05, 0) is 60.3 Å². The van der Waals surface area contributed by atoms with Gasteiger partial charge in [-0.2, -0.15) is 40.2 Å². The Morgan fingerprint density at radius 2 is 1.38 bits per heavy atom. The molecule has 0 spiro atoms. The van der Waals surface area contributed by atoms with Crippen LogP contribution in [0.25, 0.3) is 10.8 Å². The van der Waals surface area contributed by atoms with Crippen LogP contribution >= 0.6 is 11.8 Å². The molecule has 4 aromatic carbocycles. The van der Waals surface area contributed by atoms with Gasteiger partial charge in [-0.25, -0.2) is 4.79 Å². The summed E-state index contributed by atoms with van der Waals surface area (Å²) in [6.07, 6.45) is 0.0433. The molecule has 1 amide bonds. The van der Waals surface area contributed by atoms with Crippen molar-refractivity contribution in [2.45, 2.75) is 21.4 Å². The lowest BCUT2D eigenvalue weighted by Gasteiger charge is -2.14. The SMILES string of the molecule is O=C(Nc1cc(S(=O)(=O)O)cc2cc(S(=O)(=O)O)cc(O)c12)c1cccc(Nc2nc(Nc3ccccc3C(=O)O)nc(SCCCS(=O)(=O)O)n2)c1. The Labute approximate surface area is 304 Å². The normalized spacial score (nSPS) is 12.0. The topological polar surface area (TPSA) is 312 Å². The van der Waals surface area contributed by atoms with Crippen LogP contribution < -0.4 is 16.0 Å². The average molecular weight is 807 g/mol. The minimum Gasteiger partial charge on any atom is -0.507 e. The highest BCUT2D eigenvalue weighted by Crippen LogP contribution is 2.37. The Morgan fingerprint density at radius 3 is 2.02 bits per heavy atom. The van der Waals surface area contributed by atoms with Crippen LogP contribution in [0, 0.1) is 0 Å². The van der Waals surface area contributed by atoms with Gasteiger partial charge in [0.15, 0.2) is 5.16 Å². The van der Waals surface area contributed by atoms with E-state index in [2.05, 4.69) is 30.9 Å². The van der Waals surface area contributed by atoms with Gasteiger partial charge >= 0.3 is 5.97 Å². The monoisotopic (exact) mass is 806 g/mol. The lowest BCUT2D eigenvalue weighted by Crippen LogP contribution is -2.13. The smallest absolute Gasteiger partial charge is 0.337 e. The molecule has 0 aliphatic heterocycles. The number of phenols is 1. The molecule has 278 valence electrons. The van der Waals surface area contributed by atoms with Gasteiger partial charge in [0.05, 0.1) is 32.5 Å². The van der Waals surface area contributed by atoms with Crippen LogP contribution in [0.5, 0.6) is 5.75 Å². The van der Waals surface area contributed by atoms with Crippen LogP contribution in [-0.2, 0) is 30.4 Å². The maximum Gasteiger partial charge on any atom is 0.337 e. The van der Waals surface area contributed by atoms with Gasteiger partial charge in [-0.1, -0.05) is 30.0 Å². The molecule has 0 aliphatic rings. The zero-order valence-electron chi connectivity index (χ0n) is 26.5. The number of rotatable bonds is 14. The summed E-state index contributed by atoms with van der Waals surface area (Å²) in [6.45, 7) is 0. The lowest BCUT2D eigenvalue weighted by molar-refractivity contribution is 0.0697. The number of aromatic hydroxyl groups is 1. The number of anilines is 5. The molecule has 8 N–H and O–H groups in total. The molecular formula is C30H26N6O13S4. The van der Waals surface area contributed by atoms with E-state index in [1.807, 2.05) is 0 Å². The fourth-order valence-corrected chi connectivity index (χ4v) is 7.28. The molecule has 0 unspecified atom stereocenters. The molecule has 19 nitrogen and oxygen atoms in total. The van der Waals surface area contributed by atoms with E-state index in [1.165, 1.54) is 42.5 Å². The van der Waals surface area contributed by atoms with Crippen LogP contribution in [0.3, 0.4) is 0 Å². The number of carboxylic acids is 1. The number of para-hydroxylation sites is 1. The molecule has 0 aliphatic carbocycles. The first kappa shape index (κ1) is 38.8. The van der Waals surface area contributed by atoms with E-state index >= 15 is 0 Å². The van der Waals surface area contributed by atoms with E-state index in [9.17, 15) is 54.2 Å². The maximum absolute atomic E-state index is 13.4. The first-order valence-corrected chi connectivity index (χ1v) is 20.1. The largest absolute Gasteiger partial charge is 0.507 e. The van der Waals surface area contributed by atoms with Gasteiger partial charge in [0.1, 0.15) is 5.75 Å². The van der Waals surface area contributed by atoms with Gasteiger partial charge < -0.3 is 26.2 Å². The number of hydrogen-bond donors (Lipinski definition) is 8. The molecule has 0 saturated heterocycles. The van der Waals surface area contributed by atoms with Crippen LogP contribution in [-0.4, -0.2) is 87.5 Å². The number of phenolic OH excluding ortho intramolecular Hbond substituents is 1. The van der Waals surface area contributed by atoms with Gasteiger partial charge in [0.2, 0.25) is 11.9 Å². The average Bonchev–Trinajstić information content (AvgIpc) is 3.05. The van der Waals surface area contributed by atoms with E-state index in [-0.39, 0.29) is 68.2 Å². The molecule has 23 heteroatoms. The maximum atomic E-state index is 13.4. The van der Waals surface area contributed by atoms with Gasteiger partial charge in [-0.3, -0.25) is 18.5 Å². The van der Waals surface area contributed by atoms with E-state index in [0.717, 1.165) is 30.0 Å². The summed E-state index contributed by atoms with van der Waals surface area (Å²) in [6, 6.07) is 14.8. The molecule has 5 aromatic rings. The second kappa shape index (κ2) is 15.3. The predicted octanol–water partition coefficient (Wildman–Crippen LogP) is 4.03. The summed E-state index contributed by atoms with van der Waals surface area (Å²) in [5, 5.41) is 27.9. The van der Waals surface area contributed by atoms with Crippen LogP contribution in [0.4, 0.5) is 29.0 Å². The second-order valence-electron chi connectivity index (χ2n) is 10.9. The number of aromatic nitrogens is 3. The third kappa shape index (κ3) is 10.1. The number of thioether (sulfide) groups is 1. The molecule has 5 rings (SSSR count). The van der Waals surface area contributed by atoms with Gasteiger partial charge in [0, 0.05) is 28.5 Å². The Kier molecular flexibility index (Phi) is 11.2. The zero-order chi connectivity index (χ0) is 38.7. The van der Waals surface area contributed by atoms with Crippen molar-refractivity contribution >= 4 is 93.7 Å². The third-order valence-electron chi connectivity index (χ3n) is 7.00. The van der Waals surface area contributed by atoms with Gasteiger partial charge in [0.25, 0.3) is 36.3 Å². The quantitative estimate of drug-likeness (QED) is 0.0446. The molecule has 53 heavy (non-hydrogen) atoms. The number of hydrogen-bond acceptors (Lipinski definition) is 15. The Bertz CT molecular complexity index is 2600. The fraction of sp³-hybridized carbons (Fsp3) is 0.100. The Balaban J connectivity index is 1.46. The van der Waals surface area contributed by atoms with Gasteiger partial charge in [-0.15, -0.1) is 0 Å². The van der Waals surface area contributed by atoms with Crippen molar-refractivity contribution in [2.24, 2.45) is 0 Å². The second-order valence-corrected chi connectivity index (χ2v) is 16.3. The number of nitrogens with one attached hydrogen (secondary N) is 3. The van der Waals surface area contributed by atoms with Crippen molar-refractivity contribution in [3.05, 3.63) is 83.9 Å². The van der Waals surface area contributed by atoms with Crippen molar-refractivity contribution in [2.75, 3.05) is 27.5 Å². The van der Waals surface area contributed by atoms with Crippen molar-refractivity contribution in [1.29, 1.82) is 0 Å². The Morgan fingerprint density at radius 1 is 0.736 bits per heavy atom. The van der Waals surface area contributed by atoms with Crippen molar-refractivity contribution < 1.29 is 58.7 Å². The Hall–Kier alpha value is -5.43. The predicted molar refractivity (Wildman–Crippen MR) is 191 cm³/mol. The van der Waals surface area contributed by atoms with Crippen molar-refractivity contribution in [1.82, 2.24) is 15.0 Å². The molecular weight excluding hydrogens is 781 g/mol. The summed E-state index contributed by atoms with van der Waals surface area (Å²) < 4.78 is 97.8. The number of carbonyl (C=O) groups excluding carboxylic acids is 1. The fourth-order valence-electron chi connectivity index (χ4n) is 4.73. The molecule has 0 fully saturated rings. The minimum atomic E-state index is -4.92. The number of aromatic carboxylic acids is 1. The summed E-state index contributed by atoms with van der Waals surface area (Å²) in [5.41, 5.74) is -0.116. The minimum absolute atomic E-state index is 0.0433. The van der Waals surface area contributed by atoms with E-state index < -0.39 is 63.5 Å². The first-order chi connectivity index (χ1) is 24.8. The molecule has 1 heterocycles. The third-order valence-corrected chi connectivity index (χ3v) is 10.4. The molecule has 1 aromatic heterocycles. The van der Waals surface area contributed by atoms with E-state index in [1.54, 1.807) is 6.07 Å². The number of nitrogens with zero attached hydrogens (tertiary/aromatic N) is 3. The summed E-state index contributed by atoms with van der Waals surface area (Å²) in [7, 11) is -14.0. The highest BCUT2D eigenvalue weighted by Gasteiger charge is 2.21. The number of amides is 1. The standard InChI is InChI=1S/C30H26N6O13S4/c37-24-15-20(53(47,48)49)13-17-12-19(52(44,45)46)14-23(25(17)24)32-26(38)16-5-3-6-18(11-16)31-28-34-29(33-22-8-2-1-7-21(22)27(39)40)36-30(35-28)50-9-4-10-51(41,42)43/h1-3,5-8,11-15,37H,4,9-10H2,(H,32,38)(H,39,40)(H,41,42,43)(H,44,45,46)(H,47,48,49)(H2,31,33,34,35,36). The summed E-state index contributed by atoms with van der Waals surface area (Å²) in [5.74, 6) is -3.40. The summed E-state index contributed by atoms with van der Waals surface area (Å²) in [4.78, 5) is 36.5. The highest BCUT2D eigenvalue weighted by atomic mass is 32.2. The summed E-state index contributed by atoms with van der Waals surface area (Å²) >= 11 is 1.01. The molecule has 0 atom stereocenters. The number of carbonyl (C=O) groups is 2. The van der Waals surface area contributed by atoms with E-state index in [4.69, 9.17) is 4.55 Å².